The molecule has 1 aliphatic heterocycles. The fourth-order valence-electron chi connectivity index (χ4n) is 2.65. The summed E-state index contributed by atoms with van der Waals surface area (Å²) < 4.78 is 2.27. The zero-order chi connectivity index (χ0) is 13.0. The third-order valence-corrected chi connectivity index (χ3v) is 4.08. The highest BCUT2D eigenvalue weighted by molar-refractivity contribution is 4.96. The summed E-state index contributed by atoms with van der Waals surface area (Å²) >= 11 is 0. The van der Waals surface area contributed by atoms with Crippen molar-refractivity contribution < 1.29 is 0 Å². The molecule has 0 aromatic carbocycles. The van der Waals surface area contributed by atoms with E-state index in [1.165, 1.54) is 12.2 Å². The molecule has 0 amide bonds. The molecule has 0 aliphatic carbocycles. The van der Waals surface area contributed by atoms with Crippen LogP contribution in [0.2, 0.25) is 0 Å². The molecule has 18 heavy (non-hydrogen) atoms. The lowest BCUT2D eigenvalue weighted by Gasteiger charge is -2.33. The fourth-order valence-corrected chi connectivity index (χ4v) is 2.65. The van der Waals surface area contributed by atoms with Gasteiger partial charge in [0.2, 0.25) is 0 Å². The van der Waals surface area contributed by atoms with E-state index in [0.717, 1.165) is 38.6 Å². The van der Waals surface area contributed by atoms with E-state index in [9.17, 15) is 0 Å². The Kier molecular flexibility index (Phi) is 4.78. The number of nitrogens with one attached hydrogen (secondary N) is 1. The largest absolute Gasteiger partial charge is 0.333 e. The van der Waals surface area contributed by atoms with E-state index < -0.39 is 0 Å². The second-order valence-corrected chi connectivity index (χ2v) is 5.32. The van der Waals surface area contributed by atoms with Crippen molar-refractivity contribution in [2.45, 2.75) is 46.3 Å². The summed E-state index contributed by atoms with van der Waals surface area (Å²) in [6.07, 6.45) is 5.23. The van der Waals surface area contributed by atoms with Crippen LogP contribution >= 0.6 is 0 Å². The predicted octanol–water partition coefficient (Wildman–Crippen LogP) is 1.72. The Morgan fingerprint density at radius 2 is 2.22 bits per heavy atom. The summed E-state index contributed by atoms with van der Waals surface area (Å²) in [5, 5.41) is 3.63. The van der Waals surface area contributed by atoms with Crippen LogP contribution in [-0.4, -0.2) is 40.1 Å². The molecule has 102 valence electrons. The molecule has 1 aromatic rings. The van der Waals surface area contributed by atoms with Crippen molar-refractivity contribution in [1.82, 2.24) is 19.8 Å². The minimum absolute atomic E-state index is 0.599. The average molecular weight is 250 g/mol. The van der Waals surface area contributed by atoms with E-state index in [-0.39, 0.29) is 0 Å². The minimum Gasteiger partial charge on any atom is -0.333 e. The van der Waals surface area contributed by atoms with Crippen LogP contribution in [0, 0.1) is 5.92 Å². The van der Waals surface area contributed by atoms with Crippen molar-refractivity contribution in [3.05, 3.63) is 18.2 Å². The Bertz CT molecular complexity index is 360. The average Bonchev–Trinajstić information content (AvgIpc) is 2.84. The summed E-state index contributed by atoms with van der Waals surface area (Å²) in [5.41, 5.74) is 0. The summed E-state index contributed by atoms with van der Waals surface area (Å²) in [6.45, 7) is 12.2. The van der Waals surface area contributed by atoms with Gasteiger partial charge in [0.1, 0.15) is 5.82 Å². The monoisotopic (exact) mass is 250 g/mol. The number of imidazole rings is 1. The topological polar surface area (TPSA) is 33.1 Å². The quantitative estimate of drug-likeness (QED) is 0.834. The first-order chi connectivity index (χ1) is 8.74. The number of aromatic nitrogens is 2. The molecule has 0 fully saturated rings. The Morgan fingerprint density at radius 3 is 2.94 bits per heavy atom. The second kappa shape index (κ2) is 6.34. The van der Waals surface area contributed by atoms with E-state index in [1.54, 1.807) is 0 Å². The molecular weight excluding hydrogens is 224 g/mol. The molecule has 1 aliphatic rings. The van der Waals surface area contributed by atoms with Gasteiger partial charge in [0.15, 0.2) is 0 Å². The molecule has 2 heterocycles. The first-order valence-corrected chi connectivity index (χ1v) is 7.20. The SMILES string of the molecule is CCNC(CN1CCn2ccnc2C1)C(C)CC. The first-order valence-electron chi connectivity index (χ1n) is 7.20. The van der Waals surface area contributed by atoms with Crippen molar-refractivity contribution in [1.29, 1.82) is 0 Å². The van der Waals surface area contributed by atoms with Gasteiger partial charge in [-0.3, -0.25) is 4.90 Å². The summed E-state index contributed by atoms with van der Waals surface area (Å²) in [6, 6.07) is 0.599. The minimum atomic E-state index is 0.599. The Balaban J connectivity index is 1.92. The third-order valence-electron chi connectivity index (χ3n) is 4.08. The van der Waals surface area contributed by atoms with Crippen molar-refractivity contribution in [3.63, 3.8) is 0 Å². The van der Waals surface area contributed by atoms with Gasteiger partial charge in [0, 0.05) is 38.1 Å². The van der Waals surface area contributed by atoms with Gasteiger partial charge in [-0.15, -0.1) is 0 Å². The van der Waals surface area contributed by atoms with Crippen LogP contribution in [0.5, 0.6) is 0 Å². The van der Waals surface area contributed by atoms with Gasteiger partial charge in [-0.25, -0.2) is 4.98 Å². The highest BCUT2D eigenvalue weighted by atomic mass is 15.2. The van der Waals surface area contributed by atoms with Crippen LogP contribution in [0.25, 0.3) is 0 Å². The summed E-state index contributed by atoms with van der Waals surface area (Å²) in [4.78, 5) is 6.96. The first kappa shape index (κ1) is 13.6. The van der Waals surface area contributed by atoms with Crippen LogP contribution in [0.1, 0.15) is 33.0 Å². The molecule has 2 unspecified atom stereocenters. The maximum atomic E-state index is 4.43. The van der Waals surface area contributed by atoms with Crippen LogP contribution in [0.4, 0.5) is 0 Å². The van der Waals surface area contributed by atoms with Crippen LogP contribution in [-0.2, 0) is 13.1 Å². The van der Waals surface area contributed by atoms with E-state index in [2.05, 4.69) is 46.7 Å². The van der Waals surface area contributed by atoms with E-state index in [4.69, 9.17) is 0 Å². The molecule has 0 spiro atoms. The number of fused-ring (bicyclic) bond motifs is 1. The van der Waals surface area contributed by atoms with Crippen LogP contribution in [0.3, 0.4) is 0 Å². The Hall–Kier alpha value is -0.870. The van der Waals surface area contributed by atoms with Gasteiger partial charge in [-0.1, -0.05) is 27.2 Å². The molecule has 1 N–H and O–H groups in total. The highest BCUT2D eigenvalue weighted by Crippen LogP contribution is 2.14. The van der Waals surface area contributed by atoms with Crippen molar-refractivity contribution in [2.24, 2.45) is 5.92 Å². The molecule has 2 atom stereocenters. The zero-order valence-corrected chi connectivity index (χ0v) is 11.9. The van der Waals surface area contributed by atoms with Gasteiger partial charge in [0.25, 0.3) is 0 Å². The third kappa shape index (κ3) is 3.12. The Morgan fingerprint density at radius 1 is 1.39 bits per heavy atom. The number of hydrogen-bond acceptors (Lipinski definition) is 3. The Labute approximate surface area is 110 Å². The highest BCUT2D eigenvalue weighted by Gasteiger charge is 2.22. The van der Waals surface area contributed by atoms with Crippen LogP contribution < -0.4 is 5.32 Å². The molecular formula is C14H26N4. The number of nitrogens with zero attached hydrogens (tertiary/aromatic N) is 3. The van der Waals surface area contributed by atoms with Crippen molar-refractivity contribution in [2.75, 3.05) is 19.6 Å². The zero-order valence-electron chi connectivity index (χ0n) is 11.9. The molecule has 1 aromatic heterocycles. The van der Waals surface area contributed by atoms with Crippen molar-refractivity contribution in [3.8, 4) is 0 Å². The predicted molar refractivity (Wildman–Crippen MR) is 74.4 cm³/mol. The lowest BCUT2D eigenvalue weighted by Crippen LogP contribution is -2.47. The number of hydrogen-bond donors (Lipinski definition) is 1. The van der Waals surface area contributed by atoms with E-state index in [1.807, 2.05) is 6.20 Å². The fraction of sp³-hybridized carbons (Fsp3) is 0.786. The maximum absolute atomic E-state index is 4.43. The molecule has 2 rings (SSSR count). The normalized spacial score (nSPS) is 19.5. The van der Waals surface area contributed by atoms with Crippen LogP contribution in [0.15, 0.2) is 12.4 Å². The molecule has 0 bridgehead atoms. The van der Waals surface area contributed by atoms with Gasteiger partial charge < -0.3 is 9.88 Å². The molecule has 0 saturated heterocycles. The molecule has 4 heteroatoms. The van der Waals surface area contributed by atoms with E-state index in [0.29, 0.717) is 6.04 Å². The summed E-state index contributed by atoms with van der Waals surface area (Å²) in [5.74, 6) is 1.94. The lowest BCUT2D eigenvalue weighted by molar-refractivity contribution is 0.174. The van der Waals surface area contributed by atoms with Gasteiger partial charge in [-0.2, -0.15) is 0 Å². The van der Waals surface area contributed by atoms with Gasteiger partial charge >= 0.3 is 0 Å². The molecule has 0 saturated carbocycles. The molecule has 0 radical (unpaired) electrons. The lowest BCUT2D eigenvalue weighted by atomic mass is 9.98. The second-order valence-electron chi connectivity index (χ2n) is 5.32. The maximum Gasteiger partial charge on any atom is 0.122 e. The smallest absolute Gasteiger partial charge is 0.122 e. The van der Waals surface area contributed by atoms with Gasteiger partial charge in [-0.05, 0) is 12.5 Å². The summed E-state index contributed by atoms with van der Waals surface area (Å²) in [7, 11) is 0. The van der Waals surface area contributed by atoms with Crippen molar-refractivity contribution >= 4 is 0 Å². The standard InChI is InChI=1S/C14H26N4/c1-4-12(3)13(15-5-2)10-17-8-9-18-7-6-16-14(18)11-17/h6-7,12-13,15H,4-5,8-11H2,1-3H3. The molecule has 4 nitrogen and oxygen atoms in total. The number of likely N-dealkylation sites (N-methyl/N-ethyl adjacent to an activating group) is 1. The van der Waals surface area contributed by atoms with Gasteiger partial charge in [0.05, 0.1) is 6.54 Å². The number of rotatable bonds is 6. The van der Waals surface area contributed by atoms with E-state index >= 15 is 0 Å².